The van der Waals surface area contributed by atoms with Crippen molar-refractivity contribution in [3.8, 4) is 0 Å². The molecular weight excluding hydrogens is 214 g/mol. The predicted molar refractivity (Wildman–Crippen MR) is 67.8 cm³/mol. The molecule has 1 aliphatic carbocycles. The highest BCUT2D eigenvalue weighted by atomic mass is 16.6. The summed E-state index contributed by atoms with van der Waals surface area (Å²) in [5.41, 5.74) is -0.0432. The van der Waals surface area contributed by atoms with Crippen LogP contribution in [0.25, 0.3) is 0 Å². The number of carbonyl (C=O) groups is 1. The lowest BCUT2D eigenvalue weighted by atomic mass is 9.70. The molecule has 1 spiro atoms. The third-order valence-corrected chi connectivity index (χ3v) is 4.63. The fourth-order valence-corrected chi connectivity index (χ4v) is 3.42. The van der Waals surface area contributed by atoms with Crippen LogP contribution in [0.4, 0.5) is 4.79 Å². The zero-order valence-corrected chi connectivity index (χ0v) is 11.3. The number of nitrogens with one attached hydrogen (secondary N) is 1. The quantitative estimate of drug-likeness (QED) is 0.818. The zero-order valence-electron chi connectivity index (χ0n) is 11.3. The highest BCUT2D eigenvalue weighted by molar-refractivity contribution is 5.71. The average Bonchev–Trinajstić information content (AvgIpc) is 2.56. The largest absolute Gasteiger partial charge is 0.444 e. The van der Waals surface area contributed by atoms with Crippen molar-refractivity contribution in [2.75, 3.05) is 0 Å². The van der Waals surface area contributed by atoms with Gasteiger partial charge in [0.05, 0.1) is 5.54 Å². The first kappa shape index (κ1) is 12.7. The molecule has 3 heteroatoms. The lowest BCUT2D eigenvalue weighted by molar-refractivity contribution is 0.0679. The Kier molecular flexibility index (Phi) is 3.64. The molecule has 1 atom stereocenters. The number of ether oxygens (including phenoxy) is 1. The SMILES string of the molecule is CCCC1OC(=O)NC12CCC(C(C)C)CC2. The van der Waals surface area contributed by atoms with E-state index in [1.54, 1.807) is 0 Å². The van der Waals surface area contributed by atoms with Gasteiger partial charge in [0.25, 0.3) is 0 Å². The van der Waals surface area contributed by atoms with Gasteiger partial charge in [-0.1, -0.05) is 27.2 Å². The molecule has 0 bridgehead atoms. The Labute approximate surface area is 104 Å². The number of carbonyl (C=O) groups excluding carboxylic acids is 1. The Morgan fingerprint density at radius 1 is 1.41 bits per heavy atom. The van der Waals surface area contributed by atoms with Crippen molar-refractivity contribution in [1.29, 1.82) is 0 Å². The van der Waals surface area contributed by atoms with Gasteiger partial charge in [-0.2, -0.15) is 0 Å². The molecule has 17 heavy (non-hydrogen) atoms. The van der Waals surface area contributed by atoms with Crippen molar-refractivity contribution in [1.82, 2.24) is 5.32 Å². The normalized spacial score (nSPS) is 37.3. The molecule has 2 aliphatic rings. The fraction of sp³-hybridized carbons (Fsp3) is 0.929. The van der Waals surface area contributed by atoms with E-state index in [-0.39, 0.29) is 17.7 Å². The summed E-state index contributed by atoms with van der Waals surface area (Å²) >= 11 is 0. The van der Waals surface area contributed by atoms with Crippen LogP contribution in [0, 0.1) is 11.8 Å². The van der Waals surface area contributed by atoms with E-state index in [4.69, 9.17) is 4.74 Å². The van der Waals surface area contributed by atoms with Gasteiger partial charge < -0.3 is 10.1 Å². The lowest BCUT2D eigenvalue weighted by Gasteiger charge is -2.40. The number of alkyl carbamates (subject to hydrolysis) is 1. The third-order valence-electron chi connectivity index (χ3n) is 4.63. The van der Waals surface area contributed by atoms with E-state index < -0.39 is 0 Å². The Bertz CT molecular complexity index is 280. The van der Waals surface area contributed by atoms with E-state index in [9.17, 15) is 4.79 Å². The van der Waals surface area contributed by atoms with Crippen LogP contribution in [-0.2, 0) is 4.74 Å². The highest BCUT2D eigenvalue weighted by Crippen LogP contribution is 2.41. The van der Waals surface area contributed by atoms with E-state index in [1.165, 1.54) is 12.8 Å². The van der Waals surface area contributed by atoms with Gasteiger partial charge in [0.1, 0.15) is 6.10 Å². The van der Waals surface area contributed by atoms with Crippen LogP contribution in [0.3, 0.4) is 0 Å². The summed E-state index contributed by atoms with van der Waals surface area (Å²) in [5, 5.41) is 3.10. The van der Waals surface area contributed by atoms with E-state index in [1.807, 2.05) is 0 Å². The summed E-state index contributed by atoms with van der Waals surface area (Å²) in [7, 11) is 0. The second-order valence-electron chi connectivity index (χ2n) is 6.05. The van der Waals surface area contributed by atoms with E-state index in [2.05, 4.69) is 26.1 Å². The van der Waals surface area contributed by atoms with Gasteiger partial charge >= 0.3 is 6.09 Å². The van der Waals surface area contributed by atoms with Gasteiger partial charge in [0, 0.05) is 0 Å². The molecule has 3 nitrogen and oxygen atoms in total. The van der Waals surface area contributed by atoms with Crippen molar-refractivity contribution in [2.24, 2.45) is 11.8 Å². The van der Waals surface area contributed by atoms with Crippen molar-refractivity contribution >= 4 is 6.09 Å². The zero-order chi connectivity index (χ0) is 12.5. The first-order chi connectivity index (χ1) is 8.07. The van der Waals surface area contributed by atoms with Crippen molar-refractivity contribution in [3.63, 3.8) is 0 Å². The molecule has 0 aromatic rings. The van der Waals surface area contributed by atoms with Crippen LogP contribution in [0.1, 0.15) is 59.3 Å². The second kappa shape index (κ2) is 4.87. The smallest absolute Gasteiger partial charge is 0.408 e. The molecule has 1 heterocycles. The number of hydrogen-bond acceptors (Lipinski definition) is 2. The molecule has 1 saturated heterocycles. The third kappa shape index (κ3) is 2.43. The van der Waals surface area contributed by atoms with Crippen LogP contribution < -0.4 is 5.32 Å². The van der Waals surface area contributed by atoms with Crippen molar-refractivity contribution < 1.29 is 9.53 Å². The summed E-state index contributed by atoms with van der Waals surface area (Å²) < 4.78 is 5.44. The highest BCUT2D eigenvalue weighted by Gasteiger charge is 2.49. The number of hydrogen-bond donors (Lipinski definition) is 1. The molecule has 0 aromatic carbocycles. The minimum absolute atomic E-state index is 0.0432. The summed E-state index contributed by atoms with van der Waals surface area (Å²) in [6.45, 7) is 6.76. The van der Waals surface area contributed by atoms with Crippen LogP contribution >= 0.6 is 0 Å². The van der Waals surface area contributed by atoms with Crippen molar-refractivity contribution in [3.05, 3.63) is 0 Å². The molecule has 1 amide bonds. The Morgan fingerprint density at radius 2 is 2.06 bits per heavy atom. The first-order valence-corrected chi connectivity index (χ1v) is 7.06. The number of rotatable bonds is 3. The lowest BCUT2D eigenvalue weighted by Crippen LogP contribution is -2.51. The van der Waals surface area contributed by atoms with Crippen LogP contribution in [-0.4, -0.2) is 17.7 Å². The predicted octanol–water partition coefficient (Wildman–Crippen LogP) is 3.48. The summed E-state index contributed by atoms with van der Waals surface area (Å²) in [5.74, 6) is 1.58. The second-order valence-corrected chi connectivity index (χ2v) is 6.05. The maximum Gasteiger partial charge on any atom is 0.408 e. The van der Waals surface area contributed by atoms with Gasteiger partial charge in [0.2, 0.25) is 0 Å². The van der Waals surface area contributed by atoms with Crippen LogP contribution in [0.15, 0.2) is 0 Å². The van der Waals surface area contributed by atoms with Gasteiger partial charge in [-0.25, -0.2) is 4.79 Å². The van der Waals surface area contributed by atoms with Crippen molar-refractivity contribution in [2.45, 2.75) is 70.9 Å². The Balaban J connectivity index is 2.02. The molecule has 1 saturated carbocycles. The molecule has 2 rings (SSSR count). The van der Waals surface area contributed by atoms with E-state index in [0.717, 1.165) is 37.5 Å². The molecular formula is C14H25NO2. The topological polar surface area (TPSA) is 38.3 Å². The molecule has 1 aliphatic heterocycles. The molecule has 1 N–H and O–H groups in total. The minimum atomic E-state index is -0.202. The van der Waals surface area contributed by atoms with Gasteiger partial charge in [-0.15, -0.1) is 0 Å². The fourth-order valence-electron chi connectivity index (χ4n) is 3.42. The summed E-state index contributed by atoms with van der Waals surface area (Å²) in [4.78, 5) is 11.5. The molecule has 2 fully saturated rings. The number of cyclic esters (lactones) is 1. The minimum Gasteiger partial charge on any atom is -0.444 e. The van der Waals surface area contributed by atoms with Gasteiger partial charge in [-0.05, 0) is 43.9 Å². The summed E-state index contributed by atoms with van der Waals surface area (Å²) in [6, 6.07) is 0. The summed E-state index contributed by atoms with van der Waals surface area (Å²) in [6.07, 6.45) is 6.60. The van der Waals surface area contributed by atoms with Crippen LogP contribution in [0.5, 0.6) is 0 Å². The maximum absolute atomic E-state index is 11.5. The average molecular weight is 239 g/mol. The first-order valence-electron chi connectivity index (χ1n) is 7.06. The molecule has 98 valence electrons. The number of amides is 1. The molecule has 0 aromatic heterocycles. The van der Waals surface area contributed by atoms with Crippen LogP contribution in [0.2, 0.25) is 0 Å². The molecule has 1 unspecified atom stereocenters. The monoisotopic (exact) mass is 239 g/mol. The molecule has 0 radical (unpaired) electrons. The van der Waals surface area contributed by atoms with E-state index in [0.29, 0.717) is 0 Å². The van der Waals surface area contributed by atoms with Gasteiger partial charge in [0.15, 0.2) is 0 Å². The Morgan fingerprint density at radius 3 is 2.59 bits per heavy atom. The van der Waals surface area contributed by atoms with Gasteiger partial charge in [-0.3, -0.25) is 0 Å². The standard InChI is InChI=1S/C14H25NO2/c1-4-5-12-14(15-13(16)17-12)8-6-11(7-9-14)10(2)3/h10-12H,4-9H2,1-3H3,(H,15,16). The maximum atomic E-state index is 11.5. The van der Waals surface area contributed by atoms with E-state index >= 15 is 0 Å². The Hall–Kier alpha value is -0.730.